The molecule has 0 radical (unpaired) electrons. The fourth-order valence-electron chi connectivity index (χ4n) is 2.08. The molecule has 0 unspecified atom stereocenters. The maximum atomic E-state index is 12.0. The minimum absolute atomic E-state index is 0.132. The van der Waals surface area contributed by atoms with Gasteiger partial charge in [0.2, 0.25) is 0 Å². The Kier molecular flexibility index (Phi) is 3.46. The second kappa shape index (κ2) is 5.58. The molecule has 0 saturated carbocycles. The Hall–Kier alpha value is -2.96. The van der Waals surface area contributed by atoms with Crippen LogP contribution < -0.4 is 15.5 Å². The number of aromatic nitrogens is 2. The number of amides is 3. The lowest BCUT2D eigenvalue weighted by Crippen LogP contribution is -2.27. The zero-order valence-electron chi connectivity index (χ0n) is 11.1. The number of hydrogen-bond acceptors (Lipinski definition) is 4. The van der Waals surface area contributed by atoms with Crippen LogP contribution in [-0.2, 0) is 0 Å². The Morgan fingerprint density at radius 2 is 2.24 bits per heavy atom. The molecule has 3 amide bonds. The van der Waals surface area contributed by atoms with E-state index in [4.69, 9.17) is 0 Å². The van der Waals surface area contributed by atoms with Gasteiger partial charge in [-0.2, -0.15) is 0 Å². The molecule has 0 spiro atoms. The first-order valence-corrected chi connectivity index (χ1v) is 6.47. The summed E-state index contributed by atoms with van der Waals surface area (Å²) in [4.78, 5) is 33.1. The average Bonchev–Trinajstić information content (AvgIpc) is 2.94. The highest BCUT2D eigenvalue weighted by Gasteiger charge is 2.21. The molecule has 1 fully saturated rings. The van der Waals surface area contributed by atoms with E-state index in [-0.39, 0.29) is 17.6 Å². The molecular weight excluding hydrogens is 270 g/mol. The van der Waals surface area contributed by atoms with Crippen molar-refractivity contribution in [3.05, 3.63) is 48.5 Å². The van der Waals surface area contributed by atoms with Crippen molar-refractivity contribution in [3.8, 4) is 0 Å². The fraction of sp³-hybridized carbons (Fsp3) is 0.143. The first kappa shape index (κ1) is 13.0. The molecule has 3 rings (SSSR count). The second-order valence-electron chi connectivity index (χ2n) is 4.48. The number of nitrogens with one attached hydrogen (secondary N) is 2. The van der Waals surface area contributed by atoms with Crippen molar-refractivity contribution >= 4 is 23.3 Å². The second-order valence-corrected chi connectivity index (χ2v) is 4.48. The first-order valence-electron chi connectivity index (χ1n) is 6.47. The van der Waals surface area contributed by atoms with E-state index < -0.39 is 0 Å². The van der Waals surface area contributed by atoms with Gasteiger partial charge < -0.3 is 10.6 Å². The molecule has 2 N–H and O–H groups in total. The fourth-order valence-corrected chi connectivity index (χ4v) is 2.08. The lowest BCUT2D eigenvalue weighted by molar-refractivity contribution is 0.102. The largest absolute Gasteiger partial charge is 0.336 e. The molecule has 1 aromatic heterocycles. The van der Waals surface area contributed by atoms with Crippen LogP contribution in [0.3, 0.4) is 0 Å². The Morgan fingerprint density at radius 3 is 2.95 bits per heavy atom. The third-order valence-electron chi connectivity index (χ3n) is 3.07. The van der Waals surface area contributed by atoms with Gasteiger partial charge in [-0.05, 0) is 18.2 Å². The van der Waals surface area contributed by atoms with Gasteiger partial charge in [-0.25, -0.2) is 9.78 Å². The number of carbonyl (C=O) groups is 2. The van der Waals surface area contributed by atoms with Gasteiger partial charge in [0, 0.05) is 36.9 Å². The predicted molar refractivity (Wildman–Crippen MR) is 77.2 cm³/mol. The maximum Gasteiger partial charge on any atom is 0.321 e. The number of hydrogen-bond donors (Lipinski definition) is 2. The van der Waals surface area contributed by atoms with Crippen molar-refractivity contribution in [2.75, 3.05) is 23.3 Å². The van der Waals surface area contributed by atoms with Crippen molar-refractivity contribution in [2.45, 2.75) is 0 Å². The van der Waals surface area contributed by atoms with Gasteiger partial charge >= 0.3 is 6.03 Å². The van der Waals surface area contributed by atoms with Gasteiger partial charge in [0.05, 0.1) is 6.20 Å². The van der Waals surface area contributed by atoms with Crippen LogP contribution in [0, 0.1) is 0 Å². The molecule has 2 aromatic rings. The average molecular weight is 283 g/mol. The van der Waals surface area contributed by atoms with Crippen molar-refractivity contribution in [2.24, 2.45) is 0 Å². The number of benzene rings is 1. The van der Waals surface area contributed by atoms with Crippen molar-refractivity contribution in [1.29, 1.82) is 0 Å². The molecular formula is C14H13N5O2. The lowest BCUT2D eigenvalue weighted by Gasteiger charge is -2.15. The van der Waals surface area contributed by atoms with E-state index in [1.54, 1.807) is 23.1 Å². The van der Waals surface area contributed by atoms with Crippen LogP contribution in [0.15, 0.2) is 42.9 Å². The topological polar surface area (TPSA) is 87.2 Å². The summed E-state index contributed by atoms with van der Waals surface area (Å²) in [6, 6.07) is 6.98. The molecule has 1 saturated heterocycles. The highest BCUT2D eigenvalue weighted by molar-refractivity contribution is 6.03. The number of anilines is 2. The Balaban J connectivity index is 1.77. The SMILES string of the molecule is O=C(Nc1cccc(N2CCNC2=O)c1)c1cnccn1. The Morgan fingerprint density at radius 1 is 1.33 bits per heavy atom. The van der Waals surface area contributed by atoms with E-state index >= 15 is 0 Å². The van der Waals surface area contributed by atoms with E-state index in [2.05, 4.69) is 20.6 Å². The third-order valence-corrected chi connectivity index (χ3v) is 3.07. The normalized spacial score (nSPS) is 13.9. The smallest absolute Gasteiger partial charge is 0.321 e. The quantitative estimate of drug-likeness (QED) is 0.887. The zero-order chi connectivity index (χ0) is 14.7. The van der Waals surface area contributed by atoms with E-state index in [1.165, 1.54) is 18.6 Å². The van der Waals surface area contributed by atoms with Crippen LogP contribution in [0.1, 0.15) is 10.5 Å². The Labute approximate surface area is 121 Å². The van der Waals surface area contributed by atoms with Crippen molar-refractivity contribution in [3.63, 3.8) is 0 Å². The van der Waals surface area contributed by atoms with Gasteiger partial charge in [0.1, 0.15) is 5.69 Å². The monoisotopic (exact) mass is 283 g/mol. The standard InChI is InChI=1S/C14H13N5O2/c20-13(12-9-15-4-5-16-12)18-10-2-1-3-11(8-10)19-7-6-17-14(19)21/h1-5,8-9H,6-7H2,(H,17,21)(H,18,20). The molecule has 0 aliphatic carbocycles. The van der Waals surface area contributed by atoms with E-state index in [0.29, 0.717) is 18.8 Å². The highest BCUT2D eigenvalue weighted by atomic mass is 16.2. The molecule has 2 heterocycles. The summed E-state index contributed by atoms with van der Waals surface area (Å²) in [5.41, 5.74) is 1.58. The van der Waals surface area contributed by atoms with Gasteiger partial charge in [-0.1, -0.05) is 6.07 Å². The molecule has 7 heteroatoms. The van der Waals surface area contributed by atoms with E-state index in [1.807, 2.05) is 6.07 Å². The molecule has 1 aliphatic heterocycles. The summed E-state index contributed by atoms with van der Waals surface area (Å²) < 4.78 is 0. The van der Waals surface area contributed by atoms with Gasteiger partial charge in [-0.3, -0.25) is 14.7 Å². The summed E-state index contributed by atoms with van der Waals surface area (Å²) >= 11 is 0. The molecule has 0 atom stereocenters. The lowest BCUT2D eigenvalue weighted by atomic mass is 10.2. The van der Waals surface area contributed by atoms with E-state index in [0.717, 1.165) is 5.69 Å². The summed E-state index contributed by atoms with van der Waals surface area (Å²) in [6.07, 6.45) is 4.36. The van der Waals surface area contributed by atoms with Gasteiger partial charge in [0.15, 0.2) is 0 Å². The van der Waals surface area contributed by atoms with Crippen LogP contribution in [0.2, 0.25) is 0 Å². The summed E-state index contributed by atoms with van der Waals surface area (Å²) in [5.74, 6) is -0.342. The summed E-state index contributed by atoms with van der Waals surface area (Å²) in [5, 5.41) is 5.47. The first-order chi connectivity index (χ1) is 10.2. The van der Waals surface area contributed by atoms with E-state index in [9.17, 15) is 9.59 Å². The molecule has 1 aliphatic rings. The van der Waals surface area contributed by atoms with Crippen LogP contribution in [0.5, 0.6) is 0 Å². The number of rotatable bonds is 3. The predicted octanol–water partition coefficient (Wildman–Crippen LogP) is 1.26. The number of carbonyl (C=O) groups excluding carboxylic acids is 2. The molecule has 1 aromatic carbocycles. The van der Waals surface area contributed by atoms with Crippen LogP contribution in [0.25, 0.3) is 0 Å². The molecule has 21 heavy (non-hydrogen) atoms. The third kappa shape index (κ3) is 2.81. The van der Waals surface area contributed by atoms with Gasteiger partial charge in [-0.15, -0.1) is 0 Å². The molecule has 106 valence electrons. The van der Waals surface area contributed by atoms with Gasteiger partial charge in [0.25, 0.3) is 5.91 Å². The number of nitrogens with zero attached hydrogens (tertiary/aromatic N) is 3. The molecule has 0 bridgehead atoms. The summed E-state index contributed by atoms with van der Waals surface area (Å²) in [6.45, 7) is 1.23. The number of urea groups is 1. The van der Waals surface area contributed by atoms with Crippen molar-refractivity contribution in [1.82, 2.24) is 15.3 Å². The zero-order valence-corrected chi connectivity index (χ0v) is 11.1. The van der Waals surface area contributed by atoms with Crippen LogP contribution >= 0.6 is 0 Å². The van der Waals surface area contributed by atoms with Crippen LogP contribution in [0.4, 0.5) is 16.2 Å². The Bertz CT molecular complexity index is 674. The van der Waals surface area contributed by atoms with Crippen molar-refractivity contribution < 1.29 is 9.59 Å². The van der Waals surface area contributed by atoms with Crippen LogP contribution in [-0.4, -0.2) is 35.0 Å². The molecule has 7 nitrogen and oxygen atoms in total. The highest BCUT2D eigenvalue weighted by Crippen LogP contribution is 2.21. The minimum Gasteiger partial charge on any atom is -0.336 e. The summed E-state index contributed by atoms with van der Waals surface area (Å²) in [7, 11) is 0. The minimum atomic E-state index is -0.342. The maximum absolute atomic E-state index is 12.0.